The zero-order valence-corrected chi connectivity index (χ0v) is 15.5. The van der Waals surface area contributed by atoms with Gasteiger partial charge in [0.2, 0.25) is 0 Å². The number of pyridine rings is 1. The summed E-state index contributed by atoms with van der Waals surface area (Å²) in [5.74, 6) is 0.235. The first kappa shape index (κ1) is 16.3. The monoisotopic (exact) mass is 348 g/mol. The third-order valence-electron chi connectivity index (χ3n) is 4.76. The molecule has 1 aliphatic heterocycles. The van der Waals surface area contributed by atoms with Crippen LogP contribution in [-0.2, 0) is 5.41 Å². The Hall–Kier alpha value is -2.19. The highest BCUT2D eigenvalue weighted by Gasteiger charge is 2.31. The molecular formula is C22H21ClN2. The normalized spacial score (nSPS) is 21.5. The van der Waals surface area contributed by atoms with E-state index in [9.17, 15) is 0 Å². The number of hydrogen-bond donors (Lipinski definition) is 0. The number of nitrogens with zero attached hydrogens (tertiary/aromatic N) is 2. The largest absolute Gasteiger partial charge is 0.274 e. The van der Waals surface area contributed by atoms with Crippen LogP contribution in [-0.4, -0.2) is 10.7 Å². The van der Waals surface area contributed by atoms with Crippen LogP contribution in [0.5, 0.6) is 0 Å². The van der Waals surface area contributed by atoms with Gasteiger partial charge in [-0.3, -0.25) is 9.98 Å². The standard InChI is InChI=1S/C22H21ClN2/c1-22(2,3)19-13-17(23)16-11-9-15-10-12-18(14-7-5-4-6-8-14)24-20(15)21(16)25-19/h4-13,15,20H,1-3H3. The molecule has 1 aromatic heterocycles. The van der Waals surface area contributed by atoms with Crippen LogP contribution in [0.25, 0.3) is 6.08 Å². The Labute approximate surface area is 154 Å². The van der Waals surface area contributed by atoms with Gasteiger partial charge in [0.15, 0.2) is 0 Å². The fourth-order valence-corrected chi connectivity index (χ4v) is 3.57. The summed E-state index contributed by atoms with van der Waals surface area (Å²) >= 11 is 6.58. The highest BCUT2D eigenvalue weighted by atomic mass is 35.5. The van der Waals surface area contributed by atoms with Gasteiger partial charge in [-0.05, 0) is 17.7 Å². The van der Waals surface area contributed by atoms with E-state index in [0.29, 0.717) is 0 Å². The molecule has 2 unspecified atom stereocenters. The molecule has 126 valence electrons. The third kappa shape index (κ3) is 2.96. The molecule has 2 aromatic rings. The quantitative estimate of drug-likeness (QED) is 0.641. The van der Waals surface area contributed by atoms with E-state index in [1.54, 1.807) is 0 Å². The number of rotatable bonds is 1. The second kappa shape index (κ2) is 5.96. The van der Waals surface area contributed by atoms with Gasteiger partial charge in [-0.1, -0.05) is 80.9 Å². The SMILES string of the molecule is CC(C)(C)c1cc(Cl)c2c(n1)C1N=C(c3ccccc3)C=CC1C=C2. The molecule has 0 fully saturated rings. The number of fused-ring (bicyclic) bond motifs is 3. The van der Waals surface area contributed by atoms with Gasteiger partial charge in [-0.25, -0.2) is 0 Å². The van der Waals surface area contributed by atoms with Crippen LogP contribution in [0.1, 0.15) is 49.3 Å². The highest BCUT2D eigenvalue weighted by molar-refractivity contribution is 6.32. The van der Waals surface area contributed by atoms with Crippen molar-refractivity contribution in [1.29, 1.82) is 0 Å². The van der Waals surface area contributed by atoms with Crippen molar-refractivity contribution in [1.82, 2.24) is 4.98 Å². The lowest BCUT2D eigenvalue weighted by molar-refractivity contribution is 0.543. The number of aromatic nitrogens is 1. The van der Waals surface area contributed by atoms with E-state index in [4.69, 9.17) is 21.6 Å². The summed E-state index contributed by atoms with van der Waals surface area (Å²) in [5.41, 5.74) is 5.08. The average molecular weight is 349 g/mol. The topological polar surface area (TPSA) is 25.2 Å². The lowest BCUT2D eigenvalue weighted by Gasteiger charge is -2.30. The van der Waals surface area contributed by atoms with Gasteiger partial charge in [0, 0.05) is 22.6 Å². The molecule has 25 heavy (non-hydrogen) atoms. The molecule has 2 aliphatic rings. The summed E-state index contributed by atoms with van der Waals surface area (Å²) in [4.78, 5) is 10.0. The molecular weight excluding hydrogens is 328 g/mol. The van der Waals surface area contributed by atoms with Crippen molar-refractivity contribution in [3.63, 3.8) is 0 Å². The Balaban J connectivity index is 1.84. The Bertz CT molecular complexity index is 902. The predicted octanol–water partition coefficient (Wildman–Crippen LogP) is 5.78. The summed E-state index contributed by atoms with van der Waals surface area (Å²) < 4.78 is 0. The van der Waals surface area contributed by atoms with E-state index in [1.807, 2.05) is 24.3 Å². The van der Waals surface area contributed by atoms with Gasteiger partial charge < -0.3 is 0 Å². The van der Waals surface area contributed by atoms with E-state index < -0.39 is 0 Å². The molecule has 0 saturated heterocycles. The number of aliphatic imine (C=N–C) groups is 1. The Morgan fingerprint density at radius 3 is 2.44 bits per heavy atom. The van der Waals surface area contributed by atoms with Crippen molar-refractivity contribution in [3.05, 3.63) is 82.2 Å². The number of dihydropyridines is 1. The molecule has 0 bridgehead atoms. The lowest BCUT2D eigenvalue weighted by Crippen LogP contribution is -2.22. The molecule has 2 atom stereocenters. The maximum Gasteiger partial charge on any atom is 0.103 e. The van der Waals surface area contributed by atoms with Gasteiger partial charge in [-0.15, -0.1) is 0 Å². The van der Waals surface area contributed by atoms with Crippen molar-refractivity contribution >= 4 is 23.4 Å². The average Bonchev–Trinajstić information content (AvgIpc) is 2.61. The minimum atomic E-state index is -0.0498. The number of benzene rings is 1. The summed E-state index contributed by atoms with van der Waals surface area (Å²) in [6.45, 7) is 6.48. The molecule has 2 nitrogen and oxygen atoms in total. The Morgan fingerprint density at radius 1 is 1.00 bits per heavy atom. The third-order valence-corrected chi connectivity index (χ3v) is 5.07. The van der Waals surface area contributed by atoms with Crippen molar-refractivity contribution in [2.45, 2.75) is 32.2 Å². The van der Waals surface area contributed by atoms with Gasteiger partial charge in [0.05, 0.1) is 16.4 Å². The van der Waals surface area contributed by atoms with Gasteiger partial charge in [0.25, 0.3) is 0 Å². The highest BCUT2D eigenvalue weighted by Crippen LogP contribution is 2.41. The lowest BCUT2D eigenvalue weighted by atomic mass is 9.84. The van der Waals surface area contributed by atoms with Crippen LogP contribution in [0.4, 0.5) is 0 Å². The van der Waals surface area contributed by atoms with Crippen LogP contribution in [0, 0.1) is 5.92 Å². The van der Waals surface area contributed by atoms with Crippen LogP contribution in [0.15, 0.2) is 59.6 Å². The minimum absolute atomic E-state index is 0.0139. The molecule has 0 saturated carbocycles. The fourth-order valence-electron chi connectivity index (χ4n) is 3.30. The second-order valence-electron chi connectivity index (χ2n) is 7.66. The van der Waals surface area contributed by atoms with Crippen molar-refractivity contribution in [3.8, 4) is 0 Å². The number of hydrogen-bond acceptors (Lipinski definition) is 2. The van der Waals surface area contributed by atoms with E-state index in [0.717, 1.165) is 33.2 Å². The van der Waals surface area contributed by atoms with Crippen molar-refractivity contribution < 1.29 is 0 Å². The molecule has 1 aliphatic carbocycles. The zero-order chi connectivity index (χ0) is 17.6. The summed E-state index contributed by atoms with van der Waals surface area (Å²) in [5, 5.41) is 0.760. The Morgan fingerprint density at radius 2 is 1.72 bits per heavy atom. The van der Waals surface area contributed by atoms with E-state index in [-0.39, 0.29) is 17.4 Å². The first-order valence-corrected chi connectivity index (χ1v) is 9.02. The zero-order valence-electron chi connectivity index (χ0n) is 14.7. The van der Waals surface area contributed by atoms with Gasteiger partial charge >= 0.3 is 0 Å². The molecule has 4 rings (SSSR count). The molecule has 1 aromatic carbocycles. The van der Waals surface area contributed by atoms with E-state index in [2.05, 4.69) is 57.2 Å². The number of halogens is 1. The van der Waals surface area contributed by atoms with Crippen LogP contribution in [0.2, 0.25) is 5.02 Å². The second-order valence-corrected chi connectivity index (χ2v) is 8.07. The fraction of sp³-hybridized carbons (Fsp3) is 0.273. The molecule has 0 N–H and O–H groups in total. The van der Waals surface area contributed by atoms with Crippen LogP contribution in [0.3, 0.4) is 0 Å². The van der Waals surface area contributed by atoms with Crippen LogP contribution >= 0.6 is 11.6 Å². The first-order chi connectivity index (χ1) is 11.9. The smallest absolute Gasteiger partial charge is 0.103 e. The maximum absolute atomic E-state index is 6.58. The molecule has 2 heterocycles. The maximum atomic E-state index is 6.58. The predicted molar refractivity (Wildman–Crippen MR) is 105 cm³/mol. The van der Waals surface area contributed by atoms with E-state index >= 15 is 0 Å². The summed E-state index contributed by atoms with van der Waals surface area (Å²) in [6.07, 6.45) is 8.60. The Kier molecular flexibility index (Phi) is 3.88. The van der Waals surface area contributed by atoms with Crippen molar-refractivity contribution in [2.75, 3.05) is 0 Å². The summed E-state index contributed by atoms with van der Waals surface area (Å²) in [7, 11) is 0. The van der Waals surface area contributed by atoms with Crippen LogP contribution < -0.4 is 0 Å². The van der Waals surface area contributed by atoms with E-state index in [1.165, 1.54) is 0 Å². The molecule has 0 amide bonds. The first-order valence-electron chi connectivity index (χ1n) is 8.64. The summed E-state index contributed by atoms with van der Waals surface area (Å²) in [6, 6.07) is 12.3. The van der Waals surface area contributed by atoms with Gasteiger partial charge in [0.1, 0.15) is 6.04 Å². The molecule has 0 radical (unpaired) electrons. The van der Waals surface area contributed by atoms with Gasteiger partial charge in [-0.2, -0.15) is 0 Å². The van der Waals surface area contributed by atoms with Crippen molar-refractivity contribution in [2.24, 2.45) is 10.9 Å². The number of allylic oxidation sites excluding steroid dienone is 1. The minimum Gasteiger partial charge on any atom is -0.274 e. The molecule has 3 heteroatoms. The molecule has 0 spiro atoms.